The number of carbonyl (C=O) groups excluding carboxylic acids is 3. The zero-order valence-corrected chi connectivity index (χ0v) is 45.1. The minimum Gasteiger partial charge on any atom is -0.479 e. The molecule has 6 atom stereocenters. The van der Waals surface area contributed by atoms with Gasteiger partial charge in [0.25, 0.3) is 0 Å². The number of hydrogen-bond acceptors (Lipinski definition) is 11. The van der Waals surface area contributed by atoms with E-state index < -0.39 is 67.3 Å². The molecule has 0 aliphatic carbocycles. The van der Waals surface area contributed by atoms with E-state index >= 15 is 0 Å². The molecule has 0 saturated carbocycles. The van der Waals surface area contributed by atoms with Crippen molar-refractivity contribution in [3.05, 3.63) is 109 Å². The van der Waals surface area contributed by atoms with Gasteiger partial charge in [0.1, 0.15) is 18.8 Å². The Hall–Kier alpha value is -4.62. The Morgan fingerprint density at radius 3 is 1.40 bits per heavy atom. The van der Waals surface area contributed by atoms with Crippen molar-refractivity contribution in [3.8, 4) is 0 Å². The van der Waals surface area contributed by atoms with Gasteiger partial charge in [-0.3, -0.25) is 14.4 Å². The molecule has 1 aliphatic rings. The van der Waals surface area contributed by atoms with Crippen LogP contribution in [0.4, 0.5) is 0 Å². The first kappa shape index (κ1) is 66.4. The number of esters is 3. The van der Waals surface area contributed by atoms with Crippen molar-refractivity contribution in [3.63, 3.8) is 0 Å². The molecule has 6 unspecified atom stereocenters. The SMILES string of the molecule is CC/C=C\C/C=C\C/C=C\C/C=C\C/C=C\CC(=O)OCC(COC1OC(C(=O)O)C(O)C(O)C1OC(=O)CCCCCCC/C=C\CCCCCC)OC(=O)CCCCCCC/C=C\C/C=C\C/C=C\CC. The van der Waals surface area contributed by atoms with E-state index in [4.69, 9.17) is 23.7 Å². The summed E-state index contributed by atoms with van der Waals surface area (Å²) in [5, 5.41) is 31.4. The number of carboxylic acid groups (broad SMARTS) is 1. The molecular formula is C61H96O12. The van der Waals surface area contributed by atoms with Crippen LogP contribution in [0.15, 0.2) is 109 Å². The van der Waals surface area contributed by atoms with E-state index in [0.29, 0.717) is 19.3 Å². The van der Waals surface area contributed by atoms with Crippen LogP contribution in [0.1, 0.15) is 201 Å². The van der Waals surface area contributed by atoms with Crippen LogP contribution < -0.4 is 0 Å². The fourth-order valence-corrected chi connectivity index (χ4v) is 7.62. The van der Waals surface area contributed by atoms with Crippen molar-refractivity contribution in [2.45, 2.75) is 237 Å². The van der Waals surface area contributed by atoms with Crippen LogP contribution in [0.25, 0.3) is 0 Å². The van der Waals surface area contributed by atoms with Crippen molar-refractivity contribution in [2.24, 2.45) is 0 Å². The summed E-state index contributed by atoms with van der Waals surface area (Å²) in [6.07, 6.45) is 52.3. The molecule has 0 aromatic carbocycles. The molecule has 412 valence electrons. The van der Waals surface area contributed by atoms with Gasteiger partial charge in [0.15, 0.2) is 24.6 Å². The third-order valence-electron chi connectivity index (χ3n) is 11.8. The van der Waals surface area contributed by atoms with Gasteiger partial charge in [0, 0.05) is 12.8 Å². The number of aliphatic hydroxyl groups is 2. The second-order valence-electron chi connectivity index (χ2n) is 18.5. The van der Waals surface area contributed by atoms with Crippen LogP contribution in [0, 0.1) is 0 Å². The molecular weight excluding hydrogens is 925 g/mol. The Morgan fingerprint density at radius 1 is 0.479 bits per heavy atom. The fourth-order valence-electron chi connectivity index (χ4n) is 7.62. The topological polar surface area (TPSA) is 175 Å². The summed E-state index contributed by atoms with van der Waals surface area (Å²) in [4.78, 5) is 50.9. The number of aliphatic carboxylic acids is 1. The first-order valence-corrected chi connectivity index (χ1v) is 27.9. The van der Waals surface area contributed by atoms with Crippen molar-refractivity contribution in [1.82, 2.24) is 0 Å². The molecule has 1 aliphatic heterocycles. The molecule has 1 rings (SSSR count). The van der Waals surface area contributed by atoms with E-state index in [2.05, 4.69) is 112 Å². The van der Waals surface area contributed by atoms with E-state index in [0.717, 1.165) is 116 Å². The average molecular weight is 1020 g/mol. The van der Waals surface area contributed by atoms with Gasteiger partial charge in [-0.25, -0.2) is 4.79 Å². The van der Waals surface area contributed by atoms with Crippen LogP contribution in [-0.2, 0) is 42.9 Å². The maximum atomic E-state index is 13.1. The molecule has 73 heavy (non-hydrogen) atoms. The molecule has 12 heteroatoms. The summed E-state index contributed by atoms with van der Waals surface area (Å²) in [6, 6.07) is 0. The van der Waals surface area contributed by atoms with E-state index in [1.807, 2.05) is 12.2 Å². The van der Waals surface area contributed by atoms with Crippen LogP contribution in [-0.4, -0.2) is 89.2 Å². The highest BCUT2D eigenvalue weighted by atomic mass is 16.7. The molecule has 0 bridgehead atoms. The molecule has 12 nitrogen and oxygen atoms in total. The molecule has 1 fully saturated rings. The Bertz CT molecular complexity index is 1690. The summed E-state index contributed by atoms with van der Waals surface area (Å²) < 4.78 is 28.2. The molecule has 3 N–H and O–H groups in total. The lowest BCUT2D eigenvalue weighted by atomic mass is 9.98. The average Bonchev–Trinajstić information content (AvgIpc) is 3.37. The van der Waals surface area contributed by atoms with E-state index in [-0.39, 0.29) is 25.9 Å². The highest BCUT2D eigenvalue weighted by Gasteiger charge is 2.50. The minimum atomic E-state index is -1.92. The number of allylic oxidation sites excluding steroid dienone is 17. The van der Waals surface area contributed by atoms with Crippen molar-refractivity contribution in [1.29, 1.82) is 0 Å². The van der Waals surface area contributed by atoms with Crippen molar-refractivity contribution in [2.75, 3.05) is 13.2 Å². The number of carbonyl (C=O) groups is 4. The number of ether oxygens (including phenoxy) is 5. The zero-order valence-electron chi connectivity index (χ0n) is 45.1. The fraction of sp³-hybridized carbons (Fsp3) is 0.639. The normalized spacial score (nSPS) is 19.2. The standard InChI is InChI=1S/C61H96O12/c1-4-7-10-13-16-19-22-25-27-30-32-35-38-41-44-47-53(62)69-50-52(71-54(63)48-45-42-39-36-34-31-28-26-23-20-17-14-11-8-5-2)51-70-61-59(57(66)56(65)58(73-61)60(67)68)72-55(64)49-46-43-40-37-33-29-24-21-18-15-12-9-6-3/h7-8,10-11,16-17,19-21,24-28,32,35,41,44,52,56-59,61,65-66H,4-6,9,12-15,18,22-23,29-31,33-34,36-40,42-43,45-51H2,1-3H3,(H,67,68)/b10-7-,11-8-,19-16-,20-17-,24-21-,27-25-,28-26-,35-32-,44-41-. The summed E-state index contributed by atoms with van der Waals surface area (Å²) in [6.45, 7) is 5.62. The lowest BCUT2D eigenvalue weighted by Crippen LogP contribution is -2.61. The molecule has 0 radical (unpaired) electrons. The highest BCUT2D eigenvalue weighted by Crippen LogP contribution is 2.26. The lowest BCUT2D eigenvalue weighted by Gasteiger charge is -2.40. The van der Waals surface area contributed by atoms with Gasteiger partial charge in [-0.15, -0.1) is 0 Å². The molecule has 0 aromatic rings. The number of rotatable bonds is 45. The van der Waals surface area contributed by atoms with Crippen molar-refractivity contribution >= 4 is 23.9 Å². The smallest absolute Gasteiger partial charge is 0.335 e. The van der Waals surface area contributed by atoms with Gasteiger partial charge in [-0.1, -0.05) is 188 Å². The Morgan fingerprint density at radius 2 is 0.904 bits per heavy atom. The van der Waals surface area contributed by atoms with Gasteiger partial charge in [0.2, 0.25) is 0 Å². The van der Waals surface area contributed by atoms with Gasteiger partial charge < -0.3 is 39.0 Å². The maximum absolute atomic E-state index is 13.1. The molecule has 0 spiro atoms. The van der Waals surface area contributed by atoms with E-state index in [1.165, 1.54) is 25.7 Å². The number of carboxylic acids is 1. The lowest BCUT2D eigenvalue weighted by molar-refractivity contribution is -0.301. The summed E-state index contributed by atoms with van der Waals surface area (Å²) >= 11 is 0. The van der Waals surface area contributed by atoms with Gasteiger partial charge in [-0.05, 0) is 103 Å². The van der Waals surface area contributed by atoms with Gasteiger partial charge >= 0.3 is 23.9 Å². The molecule has 0 amide bonds. The van der Waals surface area contributed by atoms with Crippen LogP contribution >= 0.6 is 0 Å². The van der Waals surface area contributed by atoms with Crippen LogP contribution in [0.5, 0.6) is 0 Å². The Balaban J connectivity index is 2.79. The second-order valence-corrected chi connectivity index (χ2v) is 18.5. The number of aliphatic hydroxyl groups excluding tert-OH is 2. The first-order valence-electron chi connectivity index (χ1n) is 27.9. The quantitative estimate of drug-likeness (QED) is 0.0228. The molecule has 1 saturated heterocycles. The summed E-state index contributed by atoms with van der Waals surface area (Å²) in [7, 11) is 0. The molecule has 0 aromatic heterocycles. The largest absolute Gasteiger partial charge is 0.479 e. The Labute approximate surface area is 440 Å². The maximum Gasteiger partial charge on any atom is 0.335 e. The summed E-state index contributed by atoms with van der Waals surface area (Å²) in [5.41, 5.74) is 0. The predicted octanol–water partition coefficient (Wildman–Crippen LogP) is 13.9. The monoisotopic (exact) mass is 1020 g/mol. The minimum absolute atomic E-state index is 0.0242. The Kier molecular flexibility index (Phi) is 44.0. The highest BCUT2D eigenvalue weighted by molar-refractivity contribution is 5.74. The second kappa shape index (κ2) is 48.3. The van der Waals surface area contributed by atoms with E-state index in [1.54, 1.807) is 6.08 Å². The predicted molar refractivity (Wildman–Crippen MR) is 294 cm³/mol. The third kappa shape index (κ3) is 38.6. The zero-order chi connectivity index (χ0) is 53.3. The third-order valence-corrected chi connectivity index (χ3v) is 11.8. The molecule has 1 heterocycles. The summed E-state index contributed by atoms with van der Waals surface area (Å²) in [5.74, 6) is -3.33. The van der Waals surface area contributed by atoms with Crippen LogP contribution in [0.2, 0.25) is 0 Å². The van der Waals surface area contributed by atoms with E-state index in [9.17, 15) is 34.5 Å². The number of hydrogen-bond donors (Lipinski definition) is 3. The van der Waals surface area contributed by atoms with Crippen LogP contribution in [0.3, 0.4) is 0 Å². The first-order chi connectivity index (χ1) is 35.6. The van der Waals surface area contributed by atoms with Crippen molar-refractivity contribution < 1.29 is 58.2 Å². The van der Waals surface area contributed by atoms with Gasteiger partial charge in [-0.2, -0.15) is 0 Å². The van der Waals surface area contributed by atoms with Gasteiger partial charge in [0.05, 0.1) is 13.0 Å². The number of unbranched alkanes of at least 4 members (excludes halogenated alkanes) is 14.